The third-order valence-corrected chi connectivity index (χ3v) is 5.91. The molecule has 1 aliphatic carbocycles. The summed E-state index contributed by atoms with van der Waals surface area (Å²) in [5.74, 6) is 2.18. The van der Waals surface area contributed by atoms with Crippen LogP contribution >= 0.6 is 0 Å². The lowest BCUT2D eigenvalue weighted by Gasteiger charge is -2.35. The molecule has 2 aromatic rings. The molecule has 2 aliphatic rings. The second kappa shape index (κ2) is 6.69. The number of carbonyl (C=O) groups is 1. The summed E-state index contributed by atoms with van der Waals surface area (Å²) in [4.78, 5) is 28.6. The summed E-state index contributed by atoms with van der Waals surface area (Å²) in [6.45, 7) is 7.35. The molecule has 1 saturated carbocycles. The van der Waals surface area contributed by atoms with Gasteiger partial charge in [0, 0.05) is 32.4 Å². The van der Waals surface area contributed by atoms with Gasteiger partial charge in [0.05, 0.1) is 5.39 Å². The third-order valence-electron chi connectivity index (χ3n) is 5.91. The number of likely N-dealkylation sites (tertiary alicyclic amines) is 1. The topological polar surface area (TPSA) is 74.4 Å². The molecule has 0 aromatic carbocycles. The maximum absolute atomic E-state index is 12.4. The predicted molar refractivity (Wildman–Crippen MR) is 105 cm³/mol. The van der Waals surface area contributed by atoms with Crippen molar-refractivity contribution < 1.29 is 9.53 Å². The van der Waals surface area contributed by atoms with E-state index in [2.05, 4.69) is 26.9 Å². The fourth-order valence-electron chi connectivity index (χ4n) is 4.57. The van der Waals surface area contributed by atoms with E-state index < -0.39 is 5.60 Å². The number of piperidine rings is 1. The van der Waals surface area contributed by atoms with Gasteiger partial charge in [0.1, 0.15) is 23.4 Å². The van der Waals surface area contributed by atoms with Crippen LogP contribution in [0.3, 0.4) is 0 Å². The van der Waals surface area contributed by atoms with Crippen LogP contribution in [0.5, 0.6) is 0 Å². The molecular weight excluding hydrogens is 342 g/mol. The monoisotopic (exact) mass is 371 g/mol. The number of aromatic nitrogens is 3. The number of H-pyrrole nitrogens is 1. The van der Waals surface area contributed by atoms with Crippen molar-refractivity contribution in [2.75, 3.05) is 25.0 Å². The number of nitrogens with one attached hydrogen (secondary N) is 1. The Labute approximate surface area is 160 Å². The van der Waals surface area contributed by atoms with Crippen LogP contribution in [0, 0.1) is 11.8 Å². The number of anilines is 1. The average molecular weight is 371 g/mol. The summed E-state index contributed by atoms with van der Waals surface area (Å²) < 4.78 is 5.56. The van der Waals surface area contributed by atoms with Crippen molar-refractivity contribution in [2.24, 2.45) is 11.8 Å². The third kappa shape index (κ3) is 3.59. The molecular formula is C20H29N5O2. The van der Waals surface area contributed by atoms with Crippen LogP contribution in [0.25, 0.3) is 11.0 Å². The van der Waals surface area contributed by atoms with E-state index in [9.17, 15) is 4.79 Å². The second-order valence-corrected chi connectivity index (χ2v) is 8.91. The first-order chi connectivity index (χ1) is 12.8. The number of nitrogens with zero attached hydrogens (tertiary/aromatic N) is 4. The van der Waals surface area contributed by atoms with Crippen LogP contribution in [-0.2, 0) is 4.74 Å². The van der Waals surface area contributed by atoms with Crippen molar-refractivity contribution in [1.82, 2.24) is 19.9 Å². The lowest BCUT2D eigenvalue weighted by atomic mass is 9.89. The van der Waals surface area contributed by atoms with Crippen molar-refractivity contribution in [3.8, 4) is 0 Å². The molecule has 146 valence electrons. The number of fused-ring (bicyclic) bond motifs is 2. The number of ether oxygens (including phenoxy) is 1. The van der Waals surface area contributed by atoms with Crippen LogP contribution in [0.1, 0.15) is 40.0 Å². The number of amides is 1. The molecule has 1 aliphatic heterocycles. The van der Waals surface area contributed by atoms with Gasteiger partial charge in [0.15, 0.2) is 0 Å². The summed E-state index contributed by atoms with van der Waals surface area (Å²) in [7, 11) is 2.13. The van der Waals surface area contributed by atoms with E-state index in [4.69, 9.17) is 4.74 Å². The van der Waals surface area contributed by atoms with Gasteiger partial charge >= 0.3 is 6.09 Å². The highest BCUT2D eigenvalue weighted by Crippen LogP contribution is 2.41. The van der Waals surface area contributed by atoms with E-state index in [1.54, 1.807) is 6.33 Å². The molecule has 7 heteroatoms. The largest absolute Gasteiger partial charge is 0.444 e. The standard InChI is InChI=1S/C20H29N5O2/c1-20(2,3)27-19(26)25-8-6-13-9-15(10-14(13)11-25)24(4)18-16-5-7-21-17(16)22-12-23-18/h5,7,12-15H,6,8-11H2,1-4H3,(H,21,22,23). The molecule has 3 unspecified atom stereocenters. The van der Waals surface area contributed by atoms with Gasteiger partial charge in [-0.05, 0) is 57.9 Å². The molecule has 2 fully saturated rings. The fraction of sp³-hybridized carbons (Fsp3) is 0.650. The first-order valence-corrected chi connectivity index (χ1v) is 9.80. The zero-order valence-corrected chi connectivity index (χ0v) is 16.6. The summed E-state index contributed by atoms with van der Waals surface area (Å²) in [5, 5.41) is 1.06. The smallest absolute Gasteiger partial charge is 0.410 e. The average Bonchev–Trinajstić information content (AvgIpc) is 3.25. The van der Waals surface area contributed by atoms with Crippen molar-refractivity contribution >= 4 is 22.9 Å². The highest BCUT2D eigenvalue weighted by molar-refractivity contribution is 5.87. The quantitative estimate of drug-likeness (QED) is 0.875. The molecule has 1 saturated heterocycles. The van der Waals surface area contributed by atoms with Crippen LogP contribution in [0.15, 0.2) is 18.6 Å². The van der Waals surface area contributed by atoms with Crippen LogP contribution in [-0.4, -0.2) is 57.7 Å². The molecule has 0 radical (unpaired) electrons. The van der Waals surface area contributed by atoms with Crippen LogP contribution in [0.4, 0.5) is 10.6 Å². The second-order valence-electron chi connectivity index (χ2n) is 8.91. The van der Waals surface area contributed by atoms with E-state index in [1.165, 1.54) is 0 Å². The van der Waals surface area contributed by atoms with Gasteiger partial charge in [-0.1, -0.05) is 0 Å². The zero-order chi connectivity index (χ0) is 19.2. The Morgan fingerprint density at radius 3 is 2.85 bits per heavy atom. The van der Waals surface area contributed by atoms with Gasteiger partial charge in [-0.3, -0.25) is 0 Å². The van der Waals surface area contributed by atoms with E-state index in [-0.39, 0.29) is 6.09 Å². The minimum absolute atomic E-state index is 0.178. The molecule has 2 aromatic heterocycles. The molecule has 0 spiro atoms. The van der Waals surface area contributed by atoms with E-state index in [0.29, 0.717) is 17.9 Å². The van der Waals surface area contributed by atoms with Crippen molar-refractivity contribution in [1.29, 1.82) is 0 Å². The first-order valence-electron chi connectivity index (χ1n) is 9.80. The van der Waals surface area contributed by atoms with Gasteiger partial charge in [0.2, 0.25) is 0 Å². The molecule has 1 amide bonds. The van der Waals surface area contributed by atoms with Gasteiger partial charge in [0.25, 0.3) is 0 Å². The molecule has 3 heterocycles. The Balaban J connectivity index is 1.44. The number of hydrogen-bond acceptors (Lipinski definition) is 5. The number of rotatable bonds is 2. The Morgan fingerprint density at radius 2 is 2.07 bits per heavy atom. The lowest BCUT2D eigenvalue weighted by Crippen LogP contribution is -2.44. The Hall–Kier alpha value is -2.31. The summed E-state index contributed by atoms with van der Waals surface area (Å²) >= 11 is 0. The Kier molecular flexibility index (Phi) is 4.48. The Bertz CT molecular complexity index is 827. The van der Waals surface area contributed by atoms with Gasteiger partial charge in [-0.15, -0.1) is 0 Å². The Morgan fingerprint density at radius 1 is 1.30 bits per heavy atom. The molecule has 27 heavy (non-hydrogen) atoms. The SMILES string of the molecule is CN(c1ncnc2[nH]ccc12)C1CC2CCN(C(=O)OC(C)(C)C)CC2C1. The van der Waals surface area contributed by atoms with Crippen LogP contribution < -0.4 is 4.90 Å². The highest BCUT2D eigenvalue weighted by atomic mass is 16.6. The first kappa shape index (κ1) is 18.1. The normalized spacial score (nSPS) is 25.5. The van der Waals surface area contributed by atoms with Gasteiger partial charge in [-0.2, -0.15) is 0 Å². The zero-order valence-electron chi connectivity index (χ0n) is 16.6. The minimum Gasteiger partial charge on any atom is -0.444 e. The van der Waals surface area contributed by atoms with Gasteiger partial charge < -0.3 is 19.5 Å². The maximum Gasteiger partial charge on any atom is 0.410 e. The number of hydrogen-bond donors (Lipinski definition) is 1. The molecule has 7 nitrogen and oxygen atoms in total. The fourth-order valence-corrected chi connectivity index (χ4v) is 4.57. The summed E-state index contributed by atoms with van der Waals surface area (Å²) in [6, 6.07) is 2.47. The van der Waals surface area contributed by atoms with E-state index in [0.717, 1.165) is 49.2 Å². The number of carbonyl (C=O) groups excluding carboxylic acids is 1. The minimum atomic E-state index is -0.443. The summed E-state index contributed by atoms with van der Waals surface area (Å²) in [5.41, 5.74) is 0.430. The molecule has 1 N–H and O–H groups in total. The molecule has 0 bridgehead atoms. The summed E-state index contributed by atoms with van der Waals surface area (Å²) in [6.07, 6.45) is 6.64. The number of aromatic amines is 1. The van der Waals surface area contributed by atoms with Crippen LogP contribution in [0.2, 0.25) is 0 Å². The van der Waals surface area contributed by atoms with Crippen molar-refractivity contribution in [3.63, 3.8) is 0 Å². The lowest BCUT2D eigenvalue weighted by molar-refractivity contribution is 0.0127. The maximum atomic E-state index is 12.4. The highest BCUT2D eigenvalue weighted by Gasteiger charge is 2.41. The molecule has 3 atom stereocenters. The van der Waals surface area contributed by atoms with Crippen molar-refractivity contribution in [3.05, 3.63) is 18.6 Å². The predicted octanol–water partition coefficient (Wildman–Crippen LogP) is 3.43. The van der Waals surface area contributed by atoms with Crippen molar-refractivity contribution in [2.45, 2.75) is 51.7 Å². The van der Waals surface area contributed by atoms with Gasteiger partial charge in [-0.25, -0.2) is 14.8 Å². The van der Waals surface area contributed by atoms with E-state index >= 15 is 0 Å². The van der Waals surface area contributed by atoms with E-state index in [1.807, 2.05) is 37.9 Å². The molecule has 4 rings (SSSR count).